The van der Waals surface area contributed by atoms with Gasteiger partial charge in [-0.15, -0.1) is 0 Å². The van der Waals surface area contributed by atoms with Gasteiger partial charge in [0, 0.05) is 17.3 Å². The molecule has 0 saturated heterocycles. The Morgan fingerprint density at radius 3 is 2.65 bits per heavy atom. The fourth-order valence-electron chi connectivity index (χ4n) is 1.44. The number of halogens is 2. The summed E-state index contributed by atoms with van der Waals surface area (Å²) in [6.45, 7) is 0. The lowest BCUT2D eigenvalue weighted by Crippen LogP contribution is -1.92. The predicted octanol–water partition coefficient (Wildman–Crippen LogP) is 2.74. The number of hydrogen-bond donors (Lipinski definition) is 1. The minimum Gasteiger partial charge on any atom is -0.505 e. The highest BCUT2D eigenvalue weighted by Crippen LogP contribution is 2.30. The Kier molecular flexibility index (Phi) is 2.91. The molecule has 0 unspecified atom stereocenters. The number of phenols is 1. The van der Waals surface area contributed by atoms with Crippen LogP contribution in [0.25, 0.3) is 11.1 Å². The van der Waals surface area contributed by atoms with Crippen LogP contribution < -0.4 is 4.74 Å². The zero-order chi connectivity index (χ0) is 12.4. The van der Waals surface area contributed by atoms with Crippen LogP contribution >= 0.6 is 0 Å². The van der Waals surface area contributed by atoms with Crippen LogP contribution in [-0.2, 0) is 0 Å². The lowest BCUT2D eigenvalue weighted by atomic mass is 10.1. The number of phenolic OH excluding ortho intramolecular Hbond substituents is 1. The molecule has 0 atom stereocenters. The molecule has 3 nitrogen and oxygen atoms in total. The second-order valence-electron chi connectivity index (χ2n) is 3.37. The number of nitrogens with zero attached hydrogens (tertiary/aromatic N) is 1. The third-order valence-electron chi connectivity index (χ3n) is 2.32. The monoisotopic (exact) mass is 237 g/mol. The number of benzene rings is 1. The molecular formula is C12H9F2NO2. The summed E-state index contributed by atoms with van der Waals surface area (Å²) in [6.07, 6.45) is 2.84. The fraction of sp³-hybridized carbons (Fsp3) is 0.0833. The standard InChI is InChI=1S/C12H9F2NO2/c1-17-8-4-7(5-15-6-8)9-2-3-10(16)12(14)11(9)13/h2-6,16H,1H3. The Balaban J connectivity index is 2.56. The van der Waals surface area contributed by atoms with Crippen molar-refractivity contribution < 1.29 is 18.6 Å². The summed E-state index contributed by atoms with van der Waals surface area (Å²) in [6, 6.07) is 3.90. The lowest BCUT2D eigenvalue weighted by Gasteiger charge is -2.06. The molecule has 5 heteroatoms. The Bertz CT molecular complexity index is 558. The maximum atomic E-state index is 13.6. The van der Waals surface area contributed by atoms with Crippen LogP contribution in [0.3, 0.4) is 0 Å². The SMILES string of the molecule is COc1cncc(-c2ccc(O)c(F)c2F)c1. The Hall–Kier alpha value is -2.17. The molecule has 0 spiro atoms. The van der Waals surface area contributed by atoms with Gasteiger partial charge >= 0.3 is 0 Å². The molecule has 0 aliphatic carbocycles. The van der Waals surface area contributed by atoms with E-state index in [1.807, 2.05) is 0 Å². The number of ether oxygens (including phenoxy) is 1. The summed E-state index contributed by atoms with van der Waals surface area (Å²) in [5.74, 6) is -2.66. The van der Waals surface area contributed by atoms with E-state index < -0.39 is 17.4 Å². The van der Waals surface area contributed by atoms with E-state index >= 15 is 0 Å². The molecule has 1 aromatic carbocycles. The maximum Gasteiger partial charge on any atom is 0.200 e. The Morgan fingerprint density at radius 1 is 1.18 bits per heavy atom. The van der Waals surface area contributed by atoms with Crippen LogP contribution in [0.5, 0.6) is 11.5 Å². The van der Waals surface area contributed by atoms with Gasteiger partial charge in [-0.1, -0.05) is 0 Å². The third-order valence-corrected chi connectivity index (χ3v) is 2.32. The summed E-state index contributed by atoms with van der Waals surface area (Å²) in [7, 11) is 1.45. The number of methoxy groups -OCH3 is 1. The van der Waals surface area contributed by atoms with Gasteiger partial charge in [-0.3, -0.25) is 4.98 Å². The van der Waals surface area contributed by atoms with E-state index in [4.69, 9.17) is 9.84 Å². The highest BCUT2D eigenvalue weighted by molar-refractivity contribution is 5.65. The van der Waals surface area contributed by atoms with Crippen LogP contribution in [0.4, 0.5) is 8.78 Å². The second-order valence-corrected chi connectivity index (χ2v) is 3.37. The van der Waals surface area contributed by atoms with Crippen molar-refractivity contribution in [2.24, 2.45) is 0 Å². The van der Waals surface area contributed by atoms with Crippen molar-refractivity contribution in [3.05, 3.63) is 42.2 Å². The maximum absolute atomic E-state index is 13.6. The normalized spacial score (nSPS) is 10.3. The number of rotatable bonds is 2. The van der Waals surface area contributed by atoms with E-state index in [0.717, 1.165) is 6.07 Å². The third kappa shape index (κ3) is 2.04. The van der Waals surface area contributed by atoms with Crippen LogP contribution in [0.2, 0.25) is 0 Å². The number of aromatic nitrogens is 1. The van der Waals surface area contributed by atoms with Crippen molar-refractivity contribution in [2.45, 2.75) is 0 Å². The van der Waals surface area contributed by atoms with E-state index in [1.165, 1.54) is 31.6 Å². The molecule has 2 rings (SSSR count). The van der Waals surface area contributed by atoms with Crippen molar-refractivity contribution in [3.8, 4) is 22.6 Å². The fourth-order valence-corrected chi connectivity index (χ4v) is 1.44. The average molecular weight is 237 g/mol. The van der Waals surface area contributed by atoms with Gasteiger partial charge < -0.3 is 9.84 Å². The zero-order valence-corrected chi connectivity index (χ0v) is 8.95. The van der Waals surface area contributed by atoms with E-state index in [1.54, 1.807) is 0 Å². The van der Waals surface area contributed by atoms with Crippen molar-refractivity contribution in [3.63, 3.8) is 0 Å². The second kappa shape index (κ2) is 4.37. The van der Waals surface area contributed by atoms with Crippen LogP contribution in [0.15, 0.2) is 30.6 Å². The molecule has 2 aromatic rings. The summed E-state index contributed by atoms with van der Waals surface area (Å²) in [5.41, 5.74) is 0.396. The minimum absolute atomic E-state index is 0.0201. The lowest BCUT2D eigenvalue weighted by molar-refractivity contribution is 0.407. The molecule has 1 heterocycles. The largest absolute Gasteiger partial charge is 0.505 e. The first kappa shape index (κ1) is 11.3. The van der Waals surface area contributed by atoms with Gasteiger partial charge in [-0.2, -0.15) is 4.39 Å². The first-order chi connectivity index (χ1) is 8.13. The Morgan fingerprint density at radius 2 is 1.94 bits per heavy atom. The highest BCUT2D eigenvalue weighted by atomic mass is 19.2. The predicted molar refractivity (Wildman–Crippen MR) is 57.8 cm³/mol. The first-order valence-electron chi connectivity index (χ1n) is 4.80. The average Bonchev–Trinajstić information content (AvgIpc) is 2.36. The van der Waals surface area contributed by atoms with Gasteiger partial charge in [0.25, 0.3) is 0 Å². The van der Waals surface area contributed by atoms with Crippen molar-refractivity contribution in [1.29, 1.82) is 0 Å². The Labute approximate surface area is 96.3 Å². The molecule has 0 aliphatic heterocycles. The summed E-state index contributed by atoms with van der Waals surface area (Å²) in [4.78, 5) is 3.85. The molecule has 0 bridgehead atoms. The highest BCUT2D eigenvalue weighted by Gasteiger charge is 2.14. The molecule has 1 N–H and O–H groups in total. The molecule has 0 aliphatic rings. The molecule has 0 fully saturated rings. The minimum atomic E-state index is -1.27. The topological polar surface area (TPSA) is 42.4 Å². The zero-order valence-electron chi connectivity index (χ0n) is 8.95. The van der Waals surface area contributed by atoms with Crippen molar-refractivity contribution in [1.82, 2.24) is 4.98 Å². The molecule has 0 radical (unpaired) electrons. The molecule has 0 saturated carbocycles. The number of hydrogen-bond acceptors (Lipinski definition) is 3. The van der Waals surface area contributed by atoms with Gasteiger partial charge in [0.15, 0.2) is 11.6 Å². The smallest absolute Gasteiger partial charge is 0.200 e. The molecule has 17 heavy (non-hydrogen) atoms. The van der Waals surface area contributed by atoms with Crippen LogP contribution in [0.1, 0.15) is 0 Å². The van der Waals surface area contributed by atoms with Crippen molar-refractivity contribution >= 4 is 0 Å². The summed E-state index contributed by atoms with van der Waals surface area (Å²) in [5, 5.41) is 9.02. The molecular weight excluding hydrogens is 228 g/mol. The van der Waals surface area contributed by atoms with Gasteiger partial charge in [0.1, 0.15) is 5.75 Å². The van der Waals surface area contributed by atoms with Gasteiger partial charge in [0.2, 0.25) is 5.82 Å². The van der Waals surface area contributed by atoms with E-state index in [9.17, 15) is 8.78 Å². The first-order valence-corrected chi connectivity index (χ1v) is 4.80. The van der Waals surface area contributed by atoms with E-state index in [2.05, 4.69) is 4.98 Å². The molecule has 0 amide bonds. The van der Waals surface area contributed by atoms with Crippen LogP contribution in [0, 0.1) is 11.6 Å². The van der Waals surface area contributed by atoms with Crippen molar-refractivity contribution in [2.75, 3.05) is 7.11 Å². The number of aromatic hydroxyl groups is 1. The summed E-state index contributed by atoms with van der Waals surface area (Å²) >= 11 is 0. The van der Waals surface area contributed by atoms with Gasteiger partial charge in [-0.05, 0) is 18.2 Å². The quantitative estimate of drug-likeness (QED) is 0.873. The molecule has 88 valence electrons. The van der Waals surface area contributed by atoms with E-state index in [-0.39, 0.29) is 5.56 Å². The molecule has 1 aromatic heterocycles. The number of pyridine rings is 1. The van der Waals surface area contributed by atoms with Gasteiger partial charge in [0.05, 0.1) is 13.3 Å². The summed E-state index contributed by atoms with van der Waals surface area (Å²) < 4.78 is 31.7. The van der Waals surface area contributed by atoms with Crippen LogP contribution in [-0.4, -0.2) is 17.2 Å². The van der Waals surface area contributed by atoms with E-state index in [0.29, 0.717) is 11.3 Å². The van der Waals surface area contributed by atoms with Gasteiger partial charge in [-0.25, -0.2) is 4.39 Å².